The van der Waals surface area contributed by atoms with Gasteiger partial charge < -0.3 is 9.30 Å². The van der Waals surface area contributed by atoms with Crippen molar-refractivity contribution in [3.63, 3.8) is 0 Å². The van der Waals surface area contributed by atoms with E-state index in [0.717, 1.165) is 17.3 Å². The number of esters is 1. The first-order valence-electron chi connectivity index (χ1n) is 9.46. The van der Waals surface area contributed by atoms with Gasteiger partial charge in [0.2, 0.25) is 0 Å². The van der Waals surface area contributed by atoms with Crippen molar-refractivity contribution in [3.05, 3.63) is 57.1 Å². The van der Waals surface area contributed by atoms with Crippen LogP contribution in [0.3, 0.4) is 0 Å². The number of carbonyl (C=O) groups excluding carboxylic acids is 2. The van der Waals surface area contributed by atoms with Gasteiger partial charge in [-0.15, -0.1) is 0 Å². The van der Waals surface area contributed by atoms with Crippen LogP contribution in [-0.2, 0) is 27.3 Å². The van der Waals surface area contributed by atoms with Crippen LogP contribution in [-0.4, -0.2) is 16.3 Å². The van der Waals surface area contributed by atoms with Gasteiger partial charge in [-0.05, 0) is 28.9 Å². The van der Waals surface area contributed by atoms with Crippen LogP contribution in [0.2, 0.25) is 0 Å². The van der Waals surface area contributed by atoms with Gasteiger partial charge in [-0.1, -0.05) is 32.0 Å². The fraction of sp³-hybridized carbons (Fsp3) is 0.409. The molecule has 3 heterocycles. The first-order chi connectivity index (χ1) is 12.8. The van der Waals surface area contributed by atoms with Gasteiger partial charge in [-0.25, -0.2) is 0 Å². The molecule has 1 aromatic carbocycles. The summed E-state index contributed by atoms with van der Waals surface area (Å²) in [6.45, 7) is 4.64. The molecule has 1 aliphatic carbocycles. The average molecular weight is 363 g/mol. The lowest BCUT2D eigenvalue weighted by Gasteiger charge is -2.36. The number of benzene rings is 1. The molecular formula is C22H21NO4. The van der Waals surface area contributed by atoms with Crippen LogP contribution in [0.15, 0.2) is 40.4 Å². The minimum absolute atomic E-state index is 0.00609. The lowest BCUT2D eigenvalue weighted by molar-refractivity contribution is -0.142. The van der Waals surface area contributed by atoms with Crippen LogP contribution in [0.25, 0.3) is 10.9 Å². The zero-order valence-corrected chi connectivity index (χ0v) is 15.5. The highest BCUT2D eigenvalue weighted by molar-refractivity contribution is 6.01. The lowest BCUT2D eigenvalue weighted by Crippen LogP contribution is -2.36. The molecule has 0 bridgehead atoms. The van der Waals surface area contributed by atoms with Crippen LogP contribution < -0.4 is 5.56 Å². The number of pyridine rings is 1. The fourth-order valence-electron chi connectivity index (χ4n) is 4.91. The maximum atomic E-state index is 13.2. The summed E-state index contributed by atoms with van der Waals surface area (Å²) in [4.78, 5) is 38.4. The summed E-state index contributed by atoms with van der Waals surface area (Å²) >= 11 is 0. The zero-order chi connectivity index (χ0) is 18.9. The highest BCUT2D eigenvalue weighted by Gasteiger charge is 2.43. The topological polar surface area (TPSA) is 65.4 Å². The van der Waals surface area contributed by atoms with Crippen LogP contribution in [0.5, 0.6) is 0 Å². The van der Waals surface area contributed by atoms with Crippen molar-refractivity contribution >= 4 is 22.7 Å². The van der Waals surface area contributed by atoms with E-state index in [-0.39, 0.29) is 29.1 Å². The number of ether oxygens (including phenoxy) is 1. The number of hydrogen-bond donors (Lipinski definition) is 0. The molecule has 0 fully saturated rings. The van der Waals surface area contributed by atoms with Gasteiger partial charge in [0.15, 0.2) is 5.78 Å². The van der Waals surface area contributed by atoms with E-state index in [1.54, 1.807) is 4.57 Å². The Morgan fingerprint density at radius 1 is 1.15 bits per heavy atom. The number of aromatic nitrogens is 1. The number of nitrogens with zero attached hydrogens (tertiary/aromatic N) is 1. The molecule has 1 atom stereocenters. The molecule has 0 saturated heterocycles. The van der Waals surface area contributed by atoms with Gasteiger partial charge in [0, 0.05) is 36.4 Å². The second kappa shape index (κ2) is 5.41. The molecule has 0 amide bonds. The number of Topliss-reactive ketones (excluding diaryl/α,β-unsaturated/α-hetero) is 1. The Hall–Kier alpha value is -2.69. The van der Waals surface area contributed by atoms with E-state index >= 15 is 0 Å². The molecule has 5 heteroatoms. The third-order valence-electron chi connectivity index (χ3n) is 6.04. The molecule has 5 nitrogen and oxygen atoms in total. The summed E-state index contributed by atoms with van der Waals surface area (Å²) in [5.41, 5.74) is 2.91. The molecule has 2 aliphatic heterocycles. The molecule has 138 valence electrons. The molecule has 27 heavy (non-hydrogen) atoms. The standard InChI is InChI=1S/C22H21NO4/c1-22(2)10-16(24)19-14(9-18(25)27-17(19)11-22)15-8-13-5-3-4-12-6-7-23(20(12)13)21(15)26/h3-5,8,14H,6-7,9-11H2,1-2H3/t14-/m0/s1. The third-order valence-corrected chi connectivity index (χ3v) is 6.04. The summed E-state index contributed by atoms with van der Waals surface area (Å²) in [6.07, 6.45) is 1.84. The van der Waals surface area contributed by atoms with E-state index in [2.05, 4.69) is 6.07 Å². The first kappa shape index (κ1) is 16.5. The minimum Gasteiger partial charge on any atom is -0.431 e. The molecule has 0 spiro atoms. The van der Waals surface area contributed by atoms with E-state index in [1.165, 1.54) is 5.56 Å². The molecule has 3 aliphatic rings. The number of allylic oxidation sites excluding steroid dienone is 2. The van der Waals surface area contributed by atoms with Crippen molar-refractivity contribution in [2.75, 3.05) is 0 Å². The van der Waals surface area contributed by atoms with Crippen LogP contribution in [0.1, 0.15) is 50.2 Å². The summed E-state index contributed by atoms with van der Waals surface area (Å²) in [7, 11) is 0. The van der Waals surface area contributed by atoms with Crippen molar-refractivity contribution < 1.29 is 14.3 Å². The molecular weight excluding hydrogens is 342 g/mol. The van der Waals surface area contributed by atoms with Crippen molar-refractivity contribution in [2.45, 2.75) is 52.0 Å². The fourth-order valence-corrected chi connectivity index (χ4v) is 4.91. The van der Waals surface area contributed by atoms with E-state index in [4.69, 9.17) is 4.74 Å². The molecule has 0 saturated carbocycles. The van der Waals surface area contributed by atoms with Gasteiger partial charge in [-0.2, -0.15) is 0 Å². The molecule has 2 aromatic rings. The van der Waals surface area contributed by atoms with Crippen molar-refractivity contribution in [1.82, 2.24) is 4.57 Å². The molecule has 5 rings (SSSR count). The normalized spacial score (nSPS) is 23.6. The van der Waals surface area contributed by atoms with Gasteiger partial charge in [0.25, 0.3) is 5.56 Å². The monoisotopic (exact) mass is 363 g/mol. The summed E-state index contributed by atoms with van der Waals surface area (Å²) in [6, 6.07) is 7.92. The first-order valence-corrected chi connectivity index (χ1v) is 9.46. The van der Waals surface area contributed by atoms with Gasteiger partial charge >= 0.3 is 5.97 Å². The highest BCUT2D eigenvalue weighted by Crippen LogP contribution is 2.45. The SMILES string of the molecule is CC1(C)CC(=O)C2=C(C1)OC(=O)C[C@H]2c1cc2cccc3c2n(c1=O)CC3. The maximum Gasteiger partial charge on any atom is 0.311 e. The average Bonchev–Trinajstić information content (AvgIpc) is 3.01. The van der Waals surface area contributed by atoms with Gasteiger partial charge in [0.05, 0.1) is 11.9 Å². The van der Waals surface area contributed by atoms with Crippen LogP contribution >= 0.6 is 0 Å². The van der Waals surface area contributed by atoms with Crippen LogP contribution in [0, 0.1) is 5.41 Å². The van der Waals surface area contributed by atoms with Crippen molar-refractivity contribution in [2.24, 2.45) is 5.41 Å². The van der Waals surface area contributed by atoms with E-state index < -0.39 is 5.92 Å². The highest BCUT2D eigenvalue weighted by atomic mass is 16.5. The van der Waals surface area contributed by atoms with Crippen molar-refractivity contribution in [3.8, 4) is 0 Å². The Morgan fingerprint density at radius 3 is 2.78 bits per heavy atom. The Balaban J connectivity index is 1.73. The Bertz CT molecular complexity index is 1120. The maximum absolute atomic E-state index is 13.2. The lowest BCUT2D eigenvalue weighted by atomic mass is 9.71. The van der Waals surface area contributed by atoms with Crippen LogP contribution in [0.4, 0.5) is 0 Å². The van der Waals surface area contributed by atoms with Gasteiger partial charge in [0.1, 0.15) is 5.76 Å². The molecule has 1 aromatic heterocycles. The van der Waals surface area contributed by atoms with E-state index in [9.17, 15) is 14.4 Å². The smallest absolute Gasteiger partial charge is 0.311 e. The van der Waals surface area contributed by atoms with Crippen molar-refractivity contribution in [1.29, 1.82) is 0 Å². The minimum atomic E-state index is -0.505. The Kier molecular flexibility index (Phi) is 3.30. The quantitative estimate of drug-likeness (QED) is 0.730. The summed E-state index contributed by atoms with van der Waals surface area (Å²) < 4.78 is 7.26. The predicted molar refractivity (Wildman–Crippen MR) is 100 cm³/mol. The molecule has 0 unspecified atom stereocenters. The third kappa shape index (κ3) is 2.41. The largest absolute Gasteiger partial charge is 0.431 e. The number of ketones is 1. The van der Waals surface area contributed by atoms with E-state index in [0.29, 0.717) is 36.3 Å². The zero-order valence-electron chi connectivity index (χ0n) is 15.5. The molecule has 0 N–H and O–H groups in total. The second-order valence-corrected chi connectivity index (χ2v) is 8.67. The second-order valence-electron chi connectivity index (χ2n) is 8.67. The van der Waals surface area contributed by atoms with Gasteiger partial charge in [-0.3, -0.25) is 14.4 Å². The summed E-state index contributed by atoms with van der Waals surface area (Å²) in [5.74, 6) is -0.408. The Morgan fingerprint density at radius 2 is 1.96 bits per heavy atom. The number of aryl methyl sites for hydroxylation is 2. The summed E-state index contributed by atoms with van der Waals surface area (Å²) in [5, 5.41) is 0.990. The number of para-hydroxylation sites is 1. The Labute approximate surface area is 156 Å². The predicted octanol–water partition coefficient (Wildman–Crippen LogP) is 3.23. The number of rotatable bonds is 1. The number of hydrogen-bond acceptors (Lipinski definition) is 4. The van der Waals surface area contributed by atoms with E-state index in [1.807, 2.05) is 32.0 Å². The molecule has 0 radical (unpaired) electrons. The number of carbonyl (C=O) groups is 2.